The molecule has 2 amide bonds. The first-order valence-corrected chi connectivity index (χ1v) is 9.55. The van der Waals surface area contributed by atoms with Gasteiger partial charge in [0.2, 0.25) is 0 Å². The number of amides is 2. The summed E-state index contributed by atoms with van der Waals surface area (Å²) in [6, 6.07) is 11.2. The normalized spacial score (nSPS) is 15.3. The van der Waals surface area contributed by atoms with Crippen LogP contribution in [-0.4, -0.2) is 51.6 Å². The van der Waals surface area contributed by atoms with Gasteiger partial charge in [0.15, 0.2) is 5.82 Å². The molecule has 0 fully saturated rings. The van der Waals surface area contributed by atoms with Gasteiger partial charge >= 0.3 is 0 Å². The fraction of sp³-hybridized carbons (Fsp3) is 0.238. The number of rotatable bonds is 3. The molecule has 2 aliphatic heterocycles. The van der Waals surface area contributed by atoms with Crippen LogP contribution in [0.5, 0.6) is 0 Å². The van der Waals surface area contributed by atoms with E-state index in [9.17, 15) is 9.59 Å². The van der Waals surface area contributed by atoms with Crippen LogP contribution in [0.4, 0.5) is 17.3 Å². The van der Waals surface area contributed by atoms with E-state index in [0.29, 0.717) is 11.4 Å². The molecule has 0 radical (unpaired) electrons. The molecule has 0 spiro atoms. The van der Waals surface area contributed by atoms with Gasteiger partial charge < -0.3 is 15.1 Å². The summed E-state index contributed by atoms with van der Waals surface area (Å²) in [5, 5.41) is 7.35. The molecule has 0 saturated carbocycles. The van der Waals surface area contributed by atoms with Gasteiger partial charge in [-0.3, -0.25) is 14.6 Å². The number of hydrogen-bond donors (Lipinski definition) is 1. The number of likely N-dealkylation sites (N-methyl/N-ethyl adjacent to an activating group) is 1. The Hall–Kier alpha value is -3.68. The first kappa shape index (κ1) is 17.4. The molecule has 8 heteroatoms. The van der Waals surface area contributed by atoms with Crippen molar-refractivity contribution in [1.29, 1.82) is 0 Å². The molecule has 0 unspecified atom stereocenters. The van der Waals surface area contributed by atoms with Gasteiger partial charge in [-0.2, -0.15) is 5.10 Å². The van der Waals surface area contributed by atoms with E-state index in [1.807, 2.05) is 29.9 Å². The number of pyridine rings is 1. The van der Waals surface area contributed by atoms with Crippen LogP contribution >= 0.6 is 0 Å². The smallest absolute Gasteiger partial charge is 0.256 e. The van der Waals surface area contributed by atoms with Crippen molar-refractivity contribution in [3.63, 3.8) is 0 Å². The van der Waals surface area contributed by atoms with E-state index in [0.717, 1.165) is 48.7 Å². The third kappa shape index (κ3) is 3.02. The second-order valence-electron chi connectivity index (χ2n) is 7.27. The molecule has 146 valence electrons. The van der Waals surface area contributed by atoms with Crippen LogP contribution in [0.15, 0.2) is 48.8 Å². The number of carbonyl (C=O) groups excluding carboxylic acids is 2. The zero-order chi connectivity index (χ0) is 20.0. The van der Waals surface area contributed by atoms with Gasteiger partial charge in [0.25, 0.3) is 11.8 Å². The third-order valence-corrected chi connectivity index (χ3v) is 5.45. The van der Waals surface area contributed by atoms with Crippen molar-refractivity contribution < 1.29 is 9.59 Å². The first-order valence-electron chi connectivity index (χ1n) is 9.55. The van der Waals surface area contributed by atoms with Crippen molar-refractivity contribution in [3.8, 4) is 0 Å². The van der Waals surface area contributed by atoms with Crippen molar-refractivity contribution in [2.45, 2.75) is 13.0 Å². The van der Waals surface area contributed by atoms with E-state index in [-0.39, 0.29) is 11.8 Å². The monoisotopic (exact) mass is 388 g/mol. The highest BCUT2D eigenvalue weighted by molar-refractivity contribution is 6.03. The number of nitrogens with one attached hydrogen (secondary N) is 1. The zero-order valence-corrected chi connectivity index (χ0v) is 16.0. The average Bonchev–Trinajstić information content (AvgIpc) is 3.31. The van der Waals surface area contributed by atoms with Crippen LogP contribution < -0.4 is 10.2 Å². The Kier molecular flexibility index (Phi) is 4.04. The summed E-state index contributed by atoms with van der Waals surface area (Å²) in [5.74, 6) is 1.30. The van der Waals surface area contributed by atoms with Gasteiger partial charge in [-0.15, -0.1) is 0 Å². The van der Waals surface area contributed by atoms with Gasteiger partial charge in [-0.25, -0.2) is 4.68 Å². The number of aromatic nitrogens is 3. The molecule has 0 bridgehead atoms. The highest BCUT2D eigenvalue weighted by atomic mass is 16.2. The minimum absolute atomic E-state index is 0.0744. The lowest BCUT2D eigenvalue weighted by Gasteiger charge is -2.26. The lowest BCUT2D eigenvalue weighted by molar-refractivity contribution is 0.0780. The average molecular weight is 388 g/mol. The van der Waals surface area contributed by atoms with Crippen LogP contribution in [0.3, 0.4) is 0 Å². The predicted molar refractivity (Wildman–Crippen MR) is 109 cm³/mol. The Labute approximate surface area is 167 Å². The molecule has 0 atom stereocenters. The summed E-state index contributed by atoms with van der Waals surface area (Å²) in [6.07, 6.45) is 4.02. The maximum absolute atomic E-state index is 12.4. The number of carbonyl (C=O) groups is 2. The van der Waals surface area contributed by atoms with E-state index in [2.05, 4.69) is 26.4 Å². The summed E-state index contributed by atoms with van der Waals surface area (Å²) >= 11 is 0. The van der Waals surface area contributed by atoms with Gasteiger partial charge in [0.05, 0.1) is 6.54 Å². The Balaban J connectivity index is 1.39. The minimum atomic E-state index is -0.216. The summed E-state index contributed by atoms with van der Waals surface area (Å²) in [4.78, 5) is 32.5. The fourth-order valence-corrected chi connectivity index (χ4v) is 3.87. The topological polar surface area (TPSA) is 83.4 Å². The fourth-order valence-electron chi connectivity index (χ4n) is 3.87. The molecule has 3 aromatic rings. The summed E-state index contributed by atoms with van der Waals surface area (Å²) in [5.41, 5.74) is 3.43. The lowest BCUT2D eigenvalue weighted by atomic mass is 9.98. The number of anilines is 3. The summed E-state index contributed by atoms with van der Waals surface area (Å²) in [7, 11) is 1.83. The Morgan fingerprint density at radius 2 is 1.90 bits per heavy atom. The standard InChI is InChI=1S/C21H20N6O2/c1-25-9-6-15-12-16(2-3-17(15)21(25)29)26-10-11-27-19(26)13-18(24-27)23-20(28)14-4-7-22-8-5-14/h2-5,7-8,12-13H,6,9-11H2,1H3,(H,23,24,28). The van der Waals surface area contributed by atoms with Crippen LogP contribution in [0.1, 0.15) is 26.3 Å². The van der Waals surface area contributed by atoms with Gasteiger partial charge in [-0.1, -0.05) is 0 Å². The molecule has 5 rings (SSSR count). The second kappa shape index (κ2) is 6.73. The number of nitrogens with zero attached hydrogens (tertiary/aromatic N) is 5. The van der Waals surface area contributed by atoms with Gasteiger partial charge in [0, 0.05) is 55.4 Å². The van der Waals surface area contributed by atoms with Crippen molar-refractivity contribution >= 4 is 29.1 Å². The molecule has 1 N–H and O–H groups in total. The Morgan fingerprint density at radius 1 is 1.07 bits per heavy atom. The molecule has 2 aliphatic rings. The first-order chi connectivity index (χ1) is 14.1. The molecular weight excluding hydrogens is 368 g/mol. The molecule has 2 aromatic heterocycles. The predicted octanol–water partition coefficient (Wildman–Crippen LogP) is 2.31. The molecule has 0 saturated heterocycles. The zero-order valence-electron chi connectivity index (χ0n) is 16.0. The molecule has 29 heavy (non-hydrogen) atoms. The Bertz CT molecular complexity index is 1110. The SMILES string of the molecule is CN1CCc2cc(N3CCn4nc(NC(=O)c5ccncc5)cc43)ccc2C1=O. The van der Waals surface area contributed by atoms with Crippen molar-refractivity contribution in [3.05, 3.63) is 65.5 Å². The minimum Gasteiger partial charge on any atom is -0.341 e. The third-order valence-electron chi connectivity index (χ3n) is 5.45. The van der Waals surface area contributed by atoms with Crippen molar-refractivity contribution in [1.82, 2.24) is 19.7 Å². The van der Waals surface area contributed by atoms with Gasteiger partial charge in [-0.05, 0) is 42.3 Å². The van der Waals surface area contributed by atoms with E-state index in [1.54, 1.807) is 29.4 Å². The number of benzene rings is 1. The molecule has 0 aliphatic carbocycles. The molecular formula is C21H20N6O2. The Morgan fingerprint density at radius 3 is 2.72 bits per heavy atom. The lowest BCUT2D eigenvalue weighted by Crippen LogP contribution is -2.34. The largest absolute Gasteiger partial charge is 0.341 e. The van der Waals surface area contributed by atoms with Crippen LogP contribution in [-0.2, 0) is 13.0 Å². The van der Waals surface area contributed by atoms with Crippen molar-refractivity contribution in [2.24, 2.45) is 0 Å². The van der Waals surface area contributed by atoms with Crippen LogP contribution in [0, 0.1) is 0 Å². The summed E-state index contributed by atoms with van der Waals surface area (Å²) < 4.78 is 1.89. The van der Waals surface area contributed by atoms with E-state index in [1.165, 1.54) is 0 Å². The van der Waals surface area contributed by atoms with E-state index < -0.39 is 0 Å². The second-order valence-corrected chi connectivity index (χ2v) is 7.27. The number of hydrogen-bond acceptors (Lipinski definition) is 5. The van der Waals surface area contributed by atoms with Crippen LogP contribution in [0.2, 0.25) is 0 Å². The maximum atomic E-state index is 12.4. The highest BCUT2D eigenvalue weighted by Crippen LogP contribution is 2.34. The molecule has 4 heterocycles. The van der Waals surface area contributed by atoms with Crippen molar-refractivity contribution in [2.75, 3.05) is 30.4 Å². The van der Waals surface area contributed by atoms with E-state index >= 15 is 0 Å². The van der Waals surface area contributed by atoms with Gasteiger partial charge in [0.1, 0.15) is 5.82 Å². The highest BCUT2D eigenvalue weighted by Gasteiger charge is 2.26. The van der Waals surface area contributed by atoms with Crippen LogP contribution in [0.25, 0.3) is 0 Å². The quantitative estimate of drug-likeness (QED) is 0.744. The molecule has 1 aromatic carbocycles. The molecule has 8 nitrogen and oxygen atoms in total. The maximum Gasteiger partial charge on any atom is 0.256 e. The van der Waals surface area contributed by atoms with E-state index in [4.69, 9.17) is 0 Å². The number of fused-ring (bicyclic) bond motifs is 2. The summed E-state index contributed by atoms with van der Waals surface area (Å²) in [6.45, 7) is 2.27.